The van der Waals surface area contributed by atoms with Gasteiger partial charge in [0.05, 0.1) is 23.7 Å². The minimum absolute atomic E-state index is 0.354. The molecular weight excluding hydrogens is 508 g/mol. The molecule has 0 heterocycles. The minimum Gasteiger partial charge on any atom is -0.481 e. The van der Waals surface area contributed by atoms with E-state index in [-0.39, 0.29) is 0 Å². The molecule has 1 saturated carbocycles. The van der Waals surface area contributed by atoms with Crippen molar-refractivity contribution < 1.29 is 29.4 Å². The summed E-state index contributed by atoms with van der Waals surface area (Å²) in [7, 11) is 3.16. The number of nitrogens with zero attached hydrogens (tertiary/aromatic N) is 2. The number of allylic oxidation sites excluding steroid dienone is 6. The first-order chi connectivity index (χ1) is 18.7. The summed E-state index contributed by atoms with van der Waals surface area (Å²) in [6, 6.07) is 0. The van der Waals surface area contributed by atoms with Crippen molar-refractivity contribution in [1.29, 1.82) is 0 Å². The molecule has 224 valence electrons. The van der Waals surface area contributed by atoms with Crippen molar-refractivity contribution in [3.8, 4) is 0 Å². The van der Waals surface area contributed by atoms with Gasteiger partial charge in [0.15, 0.2) is 0 Å². The Hall–Kier alpha value is -3.16. The Morgan fingerprint density at radius 1 is 0.550 bits per heavy atom. The zero-order chi connectivity index (χ0) is 30.6. The molecule has 8 nitrogen and oxygen atoms in total. The zero-order valence-corrected chi connectivity index (χ0v) is 25.7. The molecule has 4 atom stereocenters. The predicted octanol–water partition coefficient (Wildman–Crippen LogP) is 5.72. The average molecular weight is 559 g/mol. The van der Waals surface area contributed by atoms with Gasteiger partial charge in [0.2, 0.25) is 11.8 Å². The fraction of sp³-hybridized carbons (Fsp3) is 0.625. The molecule has 1 fully saturated rings. The van der Waals surface area contributed by atoms with E-state index in [4.69, 9.17) is 0 Å². The molecule has 0 spiro atoms. The van der Waals surface area contributed by atoms with Crippen LogP contribution in [0.25, 0.3) is 0 Å². The number of carbonyl (C=O) groups excluding carboxylic acids is 2. The van der Waals surface area contributed by atoms with E-state index < -0.39 is 47.4 Å². The lowest BCUT2D eigenvalue weighted by atomic mass is 9.55. The Labute approximate surface area is 240 Å². The summed E-state index contributed by atoms with van der Waals surface area (Å²) < 4.78 is 0. The molecule has 1 aliphatic carbocycles. The Bertz CT molecular complexity index is 948. The van der Waals surface area contributed by atoms with Crippen LogP contribution >= 0.6 is 0 Å². The number of hydrogen-bond acceptors (Lipinski definition) is 4. The number of carboxylic acid groups (broad SMARTS) is 2. The molecule has 2 N–H and O–H groups in total. The quantitative estimate of drug-likeness (QED) is 0.234. The lowest BCUT2D eigenvalue weighted by Crippen LogP contribution is -2.63. The fourth-order valence-corrected chi connectivity index (χ4v) is 5.10. The van der Waals surface area contributed by atoms with Gasteiger partial charge in [-0.25, -0.2) is 0 Å². The van der Waals surface area contributed by atoms with E-state index in [9.17, 15) is 29.4 Å². The summed E-state index contributed by atoms with van der Waals surface area (Å²) in [5.74, 6) is -9.01. The molecule has 0 aliphatic heterocycles. The van der Waals surface area contributed by atoms with E-state index in [1.165, 1.54) is 32.1 Å². The second-order valence-corrected chi connectivity index (χ2v) is 11.6. The molecule has 0 aromatic heterocycles. The Morgan fingerprint density at radius 2 is 0.875 bits per heavy atom. The number of hydrogen-bond donors (Lipinski definition) is 2. The van der Waals surface area contributed by atoms with Gasteiger partial charge in [0.25, 0.3) is 0 Å². The maximum Gasteiger partial charge on any atom is 0.308 e. The van der Waals surface area contributed by atoms with Crippen LogP contribution < -0.4 is 0 Å². The maximum atomic E-state index is 13.4. The summed E-state index contributed by atoms with van der Waals surface area (Å²) in [5, 5.41) is 19.6. The van der Waals surface area contributed by atoms with E-state index in [0.717, 1.165) is 25.7 Å². The monoisotopic (exact) mass is 558 g/mol. The fourth-order valence-electron chi connectivity index (χ4n) is 5.10. The van der Waals surface area contributed by atoms with Gasteiger partial charge in [-0.1, -0.05) is 46.6 Å². The standard InChI is InChI=1S/C32H50N2O6/c1-21(2)13-9-15-23(5)17-11-19-33(7)29(35)25-26(28(32(39)40)27(25)31(37)38)30(36)34(8)20-12-18-24(6)16-10-14-22(3)4/h13-14,17-18,25-28H,9-12,15-16,19-20H2,1-8H3,(H,37,38)(H,39,40)/b23-17+,24-18+/t25-,26-,27-,28-/m0/s1. The van der Waals surface area contributed by atoms with Crippen molar-refractivity contribution in [2.24, 2.45) is 23.7 Å². The summed E-state index contributed by atoms with van der Waals surface area (Å²) in [5.41, 5.74) is 4.94. The van der Waals surface area contributed by atoms with Crippen molar-refractivity contribution in [3.63, 3.8) is 0 Å². The van der Waals surface area contributed by atoms with Gasteiger partial charge in [-0.3, -0.25) is 19.2 Å². The van der Waals surface area contributed by atoms with Gasteiger partial charge in [0, 0.05) is 27.2 Å². The molecule has 0 bridgehead atoms. The first-order valence-electron chi connectivity index (χ1n) is 14.2. The second kappa shape index (κ2) is 16.8. The second-order valence-electron chi connectivity index (χ2n) is 11.6. The molecule has 2 amide bonds. The van der Waals surface area contributed by atoms with Crippen LogP contribution in [0.5, 0.6) is 0 Å². The Morgan fingerprint density at radius 3 is 1.15 bits per heavy atom. The molecule has 0 unspecified atom stereocenters. The molecule has 1 aliphatic rings. The van der Waals surface area contributed by atoms with Gasteiger partial charge >= 0.3 is 11.9 Å². The van der Waals surface area contributed by atoms with E-state index in [1.54, 1.807) is 14.1 Å². The van der Waals surface area contributed by atoms with Gasteiger partial charge in [-0.2, -0.15) is 0 Å². The van der Waals surface area contributed by atoms with Crippen molar-refractivity contribution in [1.82, 2.24) is 9.80 Å². The third kappa shape index (κ3) is 10.8. The van der Waals surface area contributed by atoms with E-state index in [0.29, 0.717) is 25.9 Å². The van der Waals surface area contributed by atoms with Gasteiger partial charge in [-0.05, 0) is 80.1 Å². The zero-order valence-electron chi connectivity index (χ0n) is 25.7. The molecule has 40 heavy (non-hydrogen) atoms. The number of carbonyl (C=O) groups is 4. The van der Waals surface area contributed by atoms with E-state index in [1.807, 2.05) is 13.8 Å². The van der Waals surface area contributed by atoms with Crippen LogP contribution in [0.15, 0.2) is 46.6 Å². The van der Waals surface area contributed by atoms with Crippen LogP contribution in [0, 0.1) is 23.7 Å². The molecule has 0 saturated heterocycles. The molecule has 1 rings (SSSR count). The topological polar surface area (TPSA) is 115 Å². The SMILES string of the molecule is CC(C)=CCC/C(C)=C/CCN(C)C(=O)[C@@H]1[C@H](C(=O)O)[C@@H](C(=O)O)[C@H]1C(=O)N(C)CC/C=C(\C)CCC=C(C)C. The van der Waals surface area contributed by atoms with Crippen molar-refractivity contribution in [3.05, 3.63) is 46.6 Å². The van der Waals surface area contributed by atoms with Crippen LogP contribution in [0.3, 0.4) is 0 Å². The average Bonchev–Trinajstić information content (AvgIpc) is 2.82. The lowest BCUT2D eigenvalue weighted by Gasteiger charge is -2.47. The highest BCUT2D eigenvalue weighted by molar-refractivity contribution is 5.99. The minimum atomic E-state index is -1.44. The van der Waals surface area contributed by atoms with Crippen LogP contribution in [0.1, 0.15) is 80.1 Å². The van der Waals surface area contributed by atoms with Crippen molar-refractivity contribution in [2.45, 2.75) is 80.1 Å². The van der Waals surface area contributed by atoms with Crippen LogP contribution in [0.4, 0.5) is 0 Å². The number of amides is 2. The van der Waals surface area contributed by atoms with Crippen LogP contribution in [0.2, 0.25) is 0 Å². The summed E-state index contributed by atoms with van der Waals surface area (Å²) in [4.78, 5) is 53.6. The summed E-state index contributed by atoms with van der Waals surface area (Å²) >= 11 is 0. The third-order valence-corrected chi connectivity index (χ3v) is 7.54. The van der Waals surface area contributed by atoms with Gasteiger partial charge < -0.3 is 20.0 Å². The largest absolute Gasteiger partial charge is 0.481 e. The smallest absolute Gasteiger partial charge is 0.308 e. The summed E-state index contributed by atoms with van der Waals surface area (Å²) in [6.45, 7) is 13.0. The highest BCUT2D eigenvalue weighted by Gasteiger charge is 2.64. The number of rotatable bonds is 16. The van der Waals surface area contributed by atoms with E-state index in [2.05, 4.69) is 52.0 Å². The van der Waals surface area contributed by atoms with Gasteiger partial charge in [0.1, 0.15) is 0 Å². The Balaban J connectivity index is 2.92. The van der Waals surface area contributed by atoms with E-state index >= 15 is 0 Å². The van der Waals surface area contributed by atoms with Gasteiger partial charge in [-0.15, -0.1) is 0 Å². The first-order valence-corrected chi connectivity index (χ1v) is 14.2. The Kier molecular flexibility index (Phi) is 14.7. The molecule has 0 aromatic rings. The third-order valence-electron chi connectivity index (χ3n) is 7.54. The normalized spacial score (nSPS) is 20.7. The molecule has 0 radical (unpaired) electrons. The molecule has 0 aromatic carbocycles. The predicted molar refractivity (Wildman–Crippen MR) is 159 cm³/mol. The maximum absolute atomic E-state index is 13.4. The first kappa shape index (κ1) is 34.9. The highest BCUT2D eigenvalue weighted by Crippen LogP contribution is 2.48. The molecule has 8 heteroatoms. The summed E-state index contributed by atoms with van der Waals surface area (Å²) in [6.07, 6.45) is 13.4. The number of carboxylic acids is 2. The number of aliphatic carboxylic acids is 2. The lowest BCUT2D eigenvalue weighted by molar-refractivity contribution is -0.186. The van der Waals surface area contributed by atoms with Crippen molar-refractivity contribution in [2.75, 3.05) is 27.2 Å². The van der Waals surface area contributed by atoms with Crippen LogP contribution in [-0.2, 0) is 19.2 Å². The van der Waals surface area contributed by atoms with Crippen LogP contribution in [-0.4, -0.2) is 71.0 Å². The highest BCUT2D eigenvalue weighted by atomic mass is 16.4. The van der Waals surface area contributed by atoms with Crippen molar-refractivity contribution >= 4 is 23.8 Å². The molecular formula is C32H50N2O6.